The second-order valence-corrected chi connectivity index (χ2v) is 5.39. The molecule has 2 heterocycles. The number of aromatic nitrogens is 1. The Balaban J connectivity index is 1.70. The van der Waals surface area contributed by atoms with Crippen molar-refractivity contribution in [1.29, 1.82) is 0 Å². The number of carbonyl (C=O) groups is 1. The van der Waals surface area contributed by atoms with Crippen LogP contribution >= 0.6 is 11.3 Å². The first-order valence-corrected chi connectivity index (χ1v) is 7.28. The van der Waals surface area contributed by atoms with Crippen molar-refractivity contribution in [3.63, 3.8) is 0 Å². The number of amides is 2. The zero-order valence-corrected chi connectivity index (χ0v) is 11.3. The summed E-state index contributed by atoms with van der Waals surface area (Å²) in [7, 11) is 0. The first kappa shape index (κ1) is 12.2. The maximum Gasteiger partial charge on any atom is 0.323 e. The lowest BCUT2D eigenvalue weighted by molar-refractivity contribution is 0.222. The summed E-state index contributed by atoms with van der Waals surface area (Å²) in [5.74, 6) is 0. The van der Waals surface area contributed by atoms with E-state index in [1.54, 1.807) is 0 Å². The number of anilines is 1. The van der Waals surface area contributed by atoms with E-state index in [0.717, 1.165) is 37.2 Å². The van der Waals surface area contributed by atoms with Gasteiger partial charge in [-0.25, -0.2) is 9.78 Å². The van der Waals surface area contributed by atoms with Crippen LogP contribution in [0.3, 0.4) is 0 Å². The van der Waals surface area contributed by atoms with Crippen LogP contribution in [0.4, 0.5) is 9.93 Å². The van der Waals surface area contributed by atoms with Crippen LogP contribution in [-0.4, -0.2) is 29.0 Å². The minimum atomic E-state index is -0.0357. The van der Waals surface area contributed by atoms with Crippen molar-refractivity contribution in [2.75, 3.05) is 18.4 Å². The van der Waals surface area contributed by atoms with E-state index < -0.39 is 0 Å². The highest BCUT2D eigenvalue weighted by molar-refractivity contribution is 7.14. The second kappa shape index (κ2) is 5.40. The Morgan fingerprint density at radius 3 is 2.68 bits per heavy atom. The first-order chi connectivity index (χ1) is 9.33. The molecule has 2 aromatic rings. The van der Waals surface area contributed by atoms with Crippen LogP contribution < -0.4 is 5.32 Å². The van der Waals surface area contributed by atoms with Crippen molar-refractivity contribution < 1.29 is 4.79 Å². The predicted octanol–water partition coefficient (Wildman–Crippen LogP) is 3.44. The molecular weight excluding hydrogens is 258 g/mol. The standard InChI is InChI=1S/C14H15N3OS/c18-14(17-8-4-5-9-17)16-13-15-12(10-19-13)11-6-2-1-3-7-11/h1-3,6-7,10H,4-5,8-9H2,(H,15,16,18). The SMILES string of the molecule is O=C(Nc1nc(-c2ccccc2)cs1)N1CCCC1. The van der Waals surface area contributed by atoms with E-state index >= 15 is 0 Å². The van der Waals surface area contributed by atoms with Crippen LogP contribution in [0.2, 0.25) is 0 Å². The molecule has 2 amide bonds. The predicted molar refractivity (Wildman–Crippen MR) is 77.4 cm³/mol. The molecule has 0 saturated carbocycles. The van der Waals surface area contributed by atoms with E-state index in [1.807, 2.05) is 40.6 Å². The van der Waals surface area contributed by atoms with Gasteiger partial charge in [-0.15, -0.1) is 11.3 Å². The highest BCUT2D eigenvalue weighted by Gasteiger charge is 2.18. The lowest BCUT2D eigenvalue weighted by atomic mass is 10.2. The Hall–Kier alpha value is -1.88. The van der Waals surface area contributed by atoms with Crippen molar-refractivity contribution >= 4 is 22.5 Å². The van der Waals surface area contributed by atoms with Gasteiger partial charge in [-0.3, -0.25) is 5.32 Å². The largest absolute Gasteiger partial charge is 0.324 e. The molecule has 1 aromatic heterocycles. The third-order valence-corrected chi connectivity index (χ3v) is 3.94. The average Bonchev–Trinajstić information content (AvgIpc) is 3.11. The summed E-state index contributed by atoms with van der Waals surface area (Å²) in [4.78, 5) is 18.2. The van der Waals surface area contributed by atoms with E-state index in [1.165, 1.54) is 11.3 Å². The number of likely N-dealkylation sites (tertiary alicyclic amines) is 1. The molecule has 98 valence electrons. The average molecular weight is 273 g/mol. The van der Waals surface area contributed by atoms with Crippen molar-refractivity contribution in [1.82, 2.24) is 9.88 Å². The van der Waals surface area contributed by atoms with Gasteiger partial charge in [0.05, 0.1) is 5.69 Å². The molecule has 0 aliphatic carbocycles. The fraction of sp³-hybridized carbons (Fsp3) is 0.286. The summed E-state index contributed by atoms with van der Waals surface area (Å²) < 4.78 is 0. The van der Waals surface area contributed by atoms with Gasteiger partial charge in [-0.2, -0.15) is 0 Å². The Morgan fingerprint density at radius 1 is 1.21 bits per heavy atom. The molecular formula is C14H15N3OS. The Kier molecular flexibility index (Phi) is 3.46. The molecule has 3 rings (SSSR count). The van der Waals surface area contributed by atoms with Crippen LogP contribution in [-0.2, 0) is 0 Å². The summed E-state index contributed by atoms with van der Waals surface area (Å²) in [6.45, 7) is 1.70. The molecule has 4 nitrogen and oxygen atoms in total. The monoisotopic (exact) mass is 273 g/mol. The number of rotatable bonds is 2. The number of benzene rings is 1. The Morgan fingerprint density at radius 2 is 1.95 bits per heavy atom. The smallest absolute Gasteiger partial charge is 0.323 e. The van der Waals surface area contributed by atoms with Gasteiger partial charge < -0.3 is 4.90 Å². The number of hydrogen-bond donors (Lipinski definition) is 1. The normalized spacial score (nSPS) is 14.6. The number of hydrogen-bond acceptors (Lipinski definition) is 3. The highest BCUT2D eigenvalue weighted by Crippen LogP contribution is 2.25. The van der Waals surface area contributed by atoms with Crippen molar-refractivity contribution in [3.05, 3.63) is 35.7 Å². The molecule has 0 atom stereocenters. The molecule has 1 N–H and O–H groups in total. The Labute approximate surface area is 116 Å². The summed E-state index contributed by atoms with van der Waals surface area (Å²) in [6.07, 6.45) is 2.20. The molecule has 1 saturated heterocycles. The number of nitrogens with zero attached hydrogens (tertiary/aromatic N) is 2. The van der Waals surface area contributed by atoms with E-state index in [9.17, 15) is 4.79 Å². The molecule has 0 unspecified atom stereocenters. The first-order valence-electron chi connectivity index (χ1n) is 6.40. The van der Waals surface area contributed by atoms with E-state index in [4.69, 9.17) is 0 Å². The van der Waals surface area contributed by atoms with Gasteiger partial charge in [-0.05, 0) is 12.8 Å². The molecule has 1 aliphatic rings. The van der Waals surface area contributed by atoms with E-state index in [-0.39, 0.29) is 6.03 Å². The van der Waals surface area contributed by atoms with Crippen LogP contribution in [0.15, 0.2) is 35.7 Å². The van der Waals surface area contributed by atoms with Crippen LogP contribution in [0.25, 0.3) is 11.3 Å². The minimum Gasteiger partial charge on any atom is -0.324 e. The van der Waals surface area contributed by atoms with Crippen LogP contribution in [0.5, 0.6) is 0 Å². The lowest BCUT2D eigenvalue weighted by Gasteiger charge is -2.14. The second-order valence-electron chi connectivity index (χ2n) is 4.53. The summed E-state index contributed by atoms with van der Waals surface area (Å²) in [6, 6.07) is 9.94. The van der Waals surface area contributed by atoms with Crippen LogP contribution in [0.1, 0.15) is 12.8 Å². The van der Waals surface area contributed by atoms with E-state index in [0.29, 0.717) is 5.13 Å². The molecule has 1 aliphatic heterocycles. The number of carbonyl (C=O) groups excluding carboxylic acids is 1. The zero-order chi connectivity index (χ0) is 13.1. The van der Waals surface area contributed by atoms with Gasteiger partial charge in [0.25, 0.3) is 0 Å². The maximum atomic E-state index is 11.9. The zero-order valence-electron chi connectivity index (χ0n) is 10.5. The Bertz CT molecular complexity index is 561. The quantitative estimate of drug-likeness (QED) is 0.911. The number of urea groups is 1. The topological polar surface area (TPSA) is 45.2 Å². The number of thiazole rings is 1. The minimum absolute atomic E-state index is 0.0357. The van der Waals surface area contributed by atoms with Gasteiger partial charge in [0.2, 0.25) is 0 Å². The summed E-state index contributed by atoms with van der Waals surface area (Å²) >= 11 is 1.46. The van der Waals surface area contributed by atoms with Crippen molar-refractivity contribution in [3.8, 4) is 11.3 Å². The lowest BCUT2D eigenvalue weighted by Crippen LogP contribution is -2.32. The van der Waals surface area contributed by atoms with Crippen molar-refractivity contribution in [2.45, 2.75) is 12.8 Å². The van der Waals surface area contributed by atoms with Gasteiger partial charge in [0.15, 0.2) is 5.13 Å². The molecule has 0 bridgehead atoms. The van der Waals surface area contributed by atoms with Crippen molar-refractivity contribution in [2.24, 2.45) is 0 Å². The van der Waals surface area contributed by atoms with Gasteiger partial charge in [0.1, 0.15) is 0 Å². The number of nitrogens with one attached hydrogen (secondary N) is 1. The van der Waals surface area contributed by atoms with Gasteiger partial charge in [0, 0.05) is 24.0 Å². The third-order valence-electron chi connectivity index (χ3n) is 3.18. The highest BCUT2D eigenvalue weighted by atomic mass is 32.1. The fourth-order valence-electron chi connectivity index (χ4n) is 2.16. The molecule has 5 heteroatoms. The van der Waals surface area contributed by atoms with Gasteiger partial charge in [-0.1, -0.05) is 30.3 Å². The van der Waals surface area contributed by atoms with Gasteiger partial charge >= 0.3 is 6.03 Å². The van der Waals surface area contributed by atoms with Crippen LogP contribution in [0, 0.1) is 0 Å². The molecule has 1 fully saturated rings. The maximum absolute atomic E-state index is 11.9. The molecule has 1 aromatic carbocycles. The molecule has 0 radical (unpaired) electrons. The molecule has 0 spiro atoms. The third kappa shape index (κ3) is 2.76. The molecule has 19 heavy (non-hydrogen) atoms. The fourth-order valence-corrected chi connectivity index (χ4v) is 2.87. The summed E-state index contributed by atoms with van der Waals surface area (Å²) in [5.41, 5.74) is 1.97. The summed E-state index contributed by atoms with van der Waals surface area (Å²) in [5, 5.41) is 5.50. The van der Waals surface area contributed by atoms with E-state index in [2.05, 4.69) is 10.3 Å².